The van der Waals surface area contributed by atoms with Gasteiger partial charge < -0.3 is 10.3 Å². The highest BCUT2D eigenvalue weighted by molar-refractivity contribution is 6.32. The molecular formula is C8H9ClFNO2. The van der Waals surface area contributed by atoms with Gasteiger partial charge in [-0.15, -0.1) is 0 Å². The van der Waals surface area contributed by atoms with E-state index < -0.39 is 5.82 Å². The van der Waals surface area contributed by atoms with Crippen LogP contribution in [0.25, 0.3) is 0 Å². The second kappa shape index (κ2) is 3.91. The molecule has 0 radical (unpaired) electrons. The molecule has 0 aliphatic carbocycles. The van der Waals surface area contributed by atoms with Crippen molar-refractivity contribution in [1.29, 1.82) is 0 Å². The van der Waals surface area contributed by atoms with E-state index in [2.05, 4.69) is 0 Å². The molecule has 3 N–H and O–H groups in total. The summed E-state index contributed by atoms with van der Waals surface area (Å²) in [6, 6.07) is 1.03. The fourth-order valence-corrected chi connectivity index (χ4v) is 1.26. The van der Waals surface area contributed by atoms with Crippen molar-refractivity contribution in [2.45, 2.75) is 13.5 Å². The number of aromatic hydroxyl groups is 1. The normalized spacial score (nSPS) is 10.5. The largest absolute Gasteiger partial charge is 0.506 e. The fraction of sp³-hybridized carbons (Fsp3) is 0.250. The molecule has 0 spiro atoms. The van der Waals surface area contributed by atoms with Crippen molar-refractivity contribution in [3.63, 3.8) is 0 Å². The van der Waals surface area contributed by atoms with Gasteiger partial charge in [-0.2, -0.15) is 0 Å². The number of phenolic OH excluding ortho intramolecular Hbond substituents is 1. The number of halogens is 2. The SMILES string of the molecule is Cc1c(F)cc(Cl)c(O)c1CNO. The molecule has 0 atom stereocenters. The lowest BCUT2D eigenvalue weighted by Crippen LogP contribution is -2.08. The van der Waals surface area contributed by atoms with Gasteiger partial charge in [0.05, 0.1) is 5.02 Å². The maximum absolute atomic E-state index is 13.0. The van der Waals surface area contributed by atoms with Crippen molar-refractivity contribution in [1.82, 2.24) is 5.48 Å². The number of hydrogen-bond acceptors (Lipinski definition) is 3. The van der Waals surface area contributed by atoms with E-state index in [4.69, 9.17) is 16.8 Å². The Morgan fingerprint density at radius 2 is 2.23 bits per heavy atom. The lowest BCUT2D eigenvalue weighted by molar-refractivity contribution is 0.160. The quantitative estimate of drug-likeness (QED) is 0.647. The van der Waals surface area contributed by atoms with Crippen molar-refractivity contribution < 1.29 is 14.7 Å². The molecule has 0 unspecified atom stereocenters. The predicted octanol–water partition coefficient (Wildman–Crippen LogP) is 1.97. The third-order valence-electron chi connectivity index (χ3n) is 1.83. The van der Waals surface area contributed by atoms with E-state index in [0.29, 0.717) is 0 Å². The Hall–Kier alpha value is -0.840. The third-order valence-corrected chi connectivity index (χ3v) is 2.12. The second-order valence-corrected chi connectivity index (χ2v) is 3.03. The summed E-state index contributed by atoms with van der Waals surface area (Å²) in [6.45, 7) is 1.45. The summed E-state index contributed by atoms with van der Waals surface area (Å²) >= 11 is 5.53. The minimum absolute atomic E-state index is 0.0465. The van der Waals surface area contributed by atoms with Gasteiger partial charge in [0.15, 0.2) is 0 Å². The molecule has 3 nitrogen and oxygen atoms in total. The summed E-state index contributed by atoms with van der Waals surface area (Å²) in [5, 5.41) is 17.7. The minimum Gasteiger partial charge on any atom is -0.506 e. The summed E-state index contributed by atoms with van der Waals surface area (Å²) in [5.74, 6) is -0.713. The van der Waals surface area contributed by atoms with Crippen LogP contribution in [0.15, 0.2) is 6.07 Å². The van der Waals surface area contributed by atoms with Gasteiger partial charge in [-0.1, -0.05) is 11.6 Å². The molecule has 1 aromatic carbocycles. The van der Waals surface area contributed by atoms with E-state index in [9.17, 15) is 9.50 Å². The van der Waals surface area contributed by atoms with Crippen LogP contribution in [0.5, 0.6) is 5.75 Å². The number of phenols is 1. The van der Waals surface area contributed by atoms with Crippen LogP contribution in [0.3, 0.4) is 0 Å². The summed E-state index contributed by atoms with van der Waals surface area (Å²) in [4.78, 5) is 0. The molecule has 0 bridgehead atoms. The molecule has 72 valence electrons. The van der Waals surface area contributed by atoms with E-state index in [1.807, 2.05) is 5.48 Å². The molecule has 0 heterocycles. The van der Waals surface area contributed by atoms with Crippen LogP contribution in [-0.2, 0) is 6.54 Å². The van der Waals surface area contributed by atoms with Crippen LogP contribution in [0, 0.1) is 12.7 Å². The van der Waals surface area contributed by atoms with E-state index in [1.54, 1.807) is 0 Å². The molecule has 0 saturated carbocycles. The van der Waals surface area contributed by atoms with Crippen molar-refractivity contribution in [3.05, 3.63) is 28.0 Å². The van der Waals surface area contributed by atoms with E-state index >= 15 is 0 Å². The first-order chi connectivity index (χ1) is 6.07. The van der Waals surface area contributed by atoms with Gasteiger partial charge >= 0.3 is 0 Å². The Bertz CT molecular complexity index is 304. The zero-order valence-electron chi connectivity index (χ0n) is 6.93. The van der Waals surface area contributed by atoms with Gasteiger partial charge in [-0.3, -0.25) is 0 Å². The third kappa shape index (κ3) is 1.91. The van der Waals surface area contributed by atoms with Crippen molar-refractivity contribution in [3.8, 4) is 5.75 Å². The highest BCUT2D eigenvalue weighted by Gasteiger charge is 2.12. The summed E-state index contributed by atoms with van der Waals surface area (Å²) in [5.41, 5.74) is 2.36. The van der Waals surface area contributed by atoms with Crippen molar-refractivity contribution in [2.75, 3.05) is 0 Å². The zero-order valence-corrected chi connectivity index (χ0v) is 7.69. The molecule has 1 rings (SSSR count). The summed E-state index contributed by atoms with van der Waals surface area (Å²) < 4.78 is 13.0. The number of hydrogen-bond donors (Lipinski definition) is 3. The molecular weight excluding hydrogens is 197 g/mol. The van der Waals surface area contributed by atoms with E-state index in [1.165, 1.54) is 6.92 Å². The molecule has 5 heteroatoms. The number of rotatable bonds is 2. The van der Waals surface area contributed by atoms with E-state index in [0.717, 1.165) is 6.07 Å². The summed E-state index contributed by atoms with van der Waals surface area (Å²) in [6.07, 6.45) is 0. The minimum atomic E-state index is -0.506. The maximum Gasteiger partial charge on any atom is 0.139 e. The standard InChI is InChI=1S/C8H9ClFNO2/c1-4-5(3-11-13)8(12)6(9)2-7(4)10/h2,11-13H,3H2,1H3. The first-order valence-electron chi connectivity index (χ1n) is 3.61. The smallest absolute Gasteiger partial charge is 0.139 e. The lowest BCUT2D eigenvalue weighted by Gasteiger charge is -2.09. The molecule has 0 saturated heterocycles. The average Bonchev–Trinajstić information content (AvgIpc) is 2.09. The van der Waals surface area contributed by atoms with Gasteiger partial charge in [0.25, 0.3) is 0 Å². The summed E-state index contributed by atoms with van der Waals surface area (Å²) in [7, 11) is 0. The molecule has 13 heavy (non-hydrogen) atoms. The van der Waals surface area contributed by atoms with Crippen LogP contribution in [-0.4, -0.2) is 10.3 Å². The Kier molecular flexibility index (Phi) is 3.08. The molecule has 0 amide bonds. The second-order valence-electron chi connectivity index (χ2n) is 2.63. The Balaban J connectivity index is 3.28. The topological polar surface area (TPSA) is 52.5 Å². The first kappa shape index (κ1) is 10.2. The van der Waals surface area contributed by atoms with Crippen molar-refractivity contribution >= 4 is 11.6 Å². The van der Waals surface area contributed by atoms with Gasteiger partial charge in [0.2, 0.25) is 0 Å². The average molecular weight is 206 g/mol. The molecule has 0 aliphatic heterocycles. The lowest BCUT2D eigenvalue weighted by atomic mass is 10.1. The number of benzene rings is 1. The monoisotopic (exact) mass is 205 g/mol. The number of hydroxylamine groups is 1. The van der Waals surface area contributed by atoms with Gasteiger partial charge in [-0.05, 0) is 18.6 Å². The molecule has 0 aromatic heterocycles. The van der Waals surface area contributed by atoms with Crippen LogP contribution in [0.2, 0.25) is 5.02 Å². The van der Waals surface area contributed by atoms with Crippen LogP contribution in [0.1, 0.15) is 11.1 Å². The van der Waals surface area contributed by atoms with Gasteiger partial charge in [0.1, 0.15) is 11.6 Å². The molecule has 1 aromatic rings. The zero-order chi connectivity index (χ0) is 10.0. The van der Waals surface area contributed by atoms with E-state index in [-0.39, 0.29) is 28.4 Å². The highest BCUT2D eigenvalue weighted by Crippen LogP contribution is 2.31. The Morgan fingerprint density at radius 1 is 1.62 bits per heavy atom. The maximum atomic E-state index is 13.0. The highest BCUT2D eigenvalue weighted by atomic mass is 35.5. The Labute approximate surface area is 79.7 Å². The van der Waals surface area contributed by atoms with Gasteiger partial charge in [0, 0.05) is 12.1 Å². The Morgan fingerprint density at radius 3 is 2.77 bits per heavy atom. The van der Waals surface area contributed by atoms with Crippen LogP contribution in [0.4, 0.5) is 4.39 Å². The molecule has 0 fully saturated rings. The van der Waals surface area contributed by atoms with Crippen molar-refractivity contribution in [2.24, 2.45) is 0 Å². The van der Waals surface area contributed by atoms with Gasteiger partial charge in [-0.25, -0.2) is 9.87 Å². The molecule has 0 aliphatic rings. The van der Waals surface area contributed by atoms with Crippen LogP contribution < -0.4 is 5.48 Å². The first-order valence-corrected chi connectivity index (χ1v) is 3.99. The fourth-order valence-electron chi connectivity index (χ4n) is 1.05. The van der Waals surface area contributed by atoms with Crippen LogP contribution >= 0.6 is 11.6 Å². The predicted molar refractivity (Wildman–Crippen MR) is 46.4 cm³/mol. The number of nitrogens with one attached hydrogen (secondary N) is 1.